The molecule has 0 saturated heterocycles. The monoisotopic (exact) mass is 403 g/mol. The summed E-state index contributed by atoms with van der Waals surface area (Å²) in [7, 11) is -4.78. The van der Waals surface area contributed by atoms with E-state index in [2.05, 4.69) is 6.92 Å². The predicted molar refractivity (Wildman–Crippen MR) is 101 cm³/mol. The summed E-state index contributed by atoms with van der Waals surface area (Å²) < 4.78 is 35.7. The van der Waals surface area contributed by atoms with Gasteiger partial charge < -0.3 is 9.84 Å². The molecule has 0 fully saturated rings. The van der Waals surface area contributed by atoms with Crippen molar-refractivity contribution in [3.63, 3.8) is 0 Å². The molecular formula is C17H32NaO7S. The third kappa shape index (κ3) is 16.1. The van der Waals surface area contributed by atoms with Crippen molar-refractivity contribution in [1.29, 1.82) is 0 Å². The van der Waals surface area contributed by atoms with Crippen LogP contribution in [0.15, 0.2) is 0 Å². The molecule has 1 radical (unpaired) electrons. The Morgan fingerprint density at radius 1 is 0.885 bits per heavy atom. The van der Waals surface area contributed by atoms with E-state index < -0.39 is 33.7 Å². The van der Waals surface area contributed by atoms with E-state index in [0.29, 0.717) is 6.42 Å². The molecule has 1 atom stereocenters. The molecule has 0 aromatic rings. The van der Waals surface area contributed by atoms with Crippen molar-refractivity contribution >= 4 is 51.6 Å². The van der Waals surface area contributed by atoms with Crippen LogP contribution >= 0.6 is 0 Å². The number of hydrogen-bond acceptors (Lipinski definition) is 5. The van der Waals surface area contributed by atoms with Gasteiger partial charge in [-0.25, -0.2) is 0 Å². The van der Waals surface area contributed by atoms with Crippen molar-refractivity contribution in [2.24, 2.45) is 0 Å². The van der Waals surface area contributed by atoms with Crippen molar-refractivity contribution in [3.8, 4) is 0 Å². The minimum atomic E-state index is -4.78. The number of hydrogen-bond donors (Lipinski definition) is 2. The maximum absolute atomic E-state index is 11.6. The Hall–Kier alpha value is -0.150. The Kier molecular flexibility index (Phi) is 18.3. The van der Waals surface area contributed by atoms with Gasteiger partial charge in [0.2, 0.25) is 0 Å². The maximum Gasteiger partial charge on any atom is 0.327 e. The van der Waals surface area contributed by atoms with Crippen LogP contribution in [-0.4, -0.2) is 71.4 Å². The number of unbranched alkanes of at least 4 members (excludes halogenated alkanes) is 10. The van der Waals surface area contributed by atoms with Crippen LogP contribution < -0.4 is 0 Å². The van der Waals surface area contributed by atoms with E-state index in [4.69, 9.17) is 14.4 Å². The van der Waals surface area contributed by atoms with Crippen LogP contribution in [0.2, 0.25) is 0 Å². The first-order valence-corrected chi connectivity index (χ1v) is 10.6. The van der Waals surface area contributed by atoms with Gasteiger partial charge >= 0.3 is 11.9 Å². The quantitative estimate of drug-likeness (QED) is 0.176. The molecule has 149 valence electrons. The molecule has 2 N–H and O–H groups in total. The van der Waals surface area contributed by atoms with E-state index in [1.54, 1.807) is 0 Å². The maximum atomic E-state index is 11.6. The van der Waals surface area contributed by atoms with Gasteiger partial charge in [-0.05, 0) is 6.42 Å². The number of ether oxygens (including phenoxy) is 1. The van der Waals surface area contributed by atoms with Crippen molar-refractivity contribution in [2.75, 3.05) is 6.61 Å². The number of carboxylic acid groups (broad SMARTS) is 1. The van der Waals surface area contributed by atoms with E-state index in [1.807, 2.05) is 0 Å². The zero-order valence-electron chi connectivity index (χ0n) is 16.1. The van der Waals surface area contributed by atoms with E-state index in [-0.39, 0.29) is 36.2 Å². The molecule has 1 unspecified atom stereocenters. The van der Waals surface area contributed by atoms with Gasteiger partial charge in [0.15, 0.2) is 5.25 Å². The molecule has 0 bridgehead atoms. The number of esters is 1. The second kappa shape index (κ2) is 17.0. The predicted octanol–water partition coefficient (Wildman–Crippen LogP) is 3.19. The molecule has 0 aliphatic rings. The first kappa shape index (κ1) is 28.1. The fourth-order valence-electron chi connectivity index (χ4n) is 2.50. The fraction of sp³-hybridized carbons (Fsp3) is 0.882. The van der Waals surface area contributed by atoms with Crippen molar-refractivity contribution in [2.45, 2.75) is 89.2 Å². The van der Waals surface area contributed by atoms with Gasteiger partial charge in [0, 0.05) is 29.6 Å². The number of aliphatic carboxylic acids is 1. The van der Waals surface area contributed by atoms with Crippen LogP contribution in [-0.2, 0) is 24.4 Å². The molecule has 0 aromatic heterocycles. The van der Waals surface area contributed by atoms with Gasteiger partial charge in [0.05, 0.1) is 13.0 Å². The molecule has 0 aliphatic heterocycles. The van der Waals surface area contributed by atoms with Crippen molar-refractivity contribution < 1.29 is 32.4 Å². The second-order valence-corrected chi connectivity index (χ2v) is 7.90. The zero-order valence-corrected chi connectivity index (χ0v) is 18.9. The Labute approximate surface area is 179 Å². The summed E-state index contributed by atoms with van der Waals surface area (Å²) in [6.45, 7) is 2.23. The van der Waals surface area contributed by atoms with Crippen LogP contribution in [0.25, 0.3) is 0 Å². The van der Waals surface area contributed by atoms with E-state index in [9.17, 15) is 18.0 Å². The SMILES string of the molecule is CCCCCCCCCCCCCOC(=O)C(CC(=O)O)S(=O)(=O)O.[Na]. The fourth-order valence-corrected chi connectivity index (χ4v) is 3.17. The number of rotatable bonds is 16. The summed E-state index contributed by atoms with van der Waals surface area (Å²) >= 11 is 0. The molecule has 26 heavy (non-hydrogen) atoms. The Morgan fingerprint density at radius 3 is 1.69 bits per heavy atom. The Bertz CT molecular complexity index is 480. The number of carboxylic acids is 1. The molecule has 0 heterocycles. The molecule has 0 saturated carbocycles. The smallest absolute Gasteiger partial charge is 0.327 e. The van der Waals surface area contributed by atoms with E-state index >= 15 is 0 Å². The molecule has 0 rings (SSSR count). The average Bonchev–Trinajstić information content (AvgIpc) is 2.52. The molecule has 0 amide bonds. The van der Waals surface area contributed by atoms with Crippen molar-refractivity contribution in [1.82, 2.24) is 0 Å². The first-order chi connectivity index (χ1) is 11.8. The zero-order chi connectivity index (χ0) is 19.1. The summed E-state index contributed by atoms with van der Waals surface area (Å²) in [5.41, 5.74) is 0. The van der Waals surface area contributed by atoms with Crippen molar-refractivity contribution in [3.05, 3.63) is 0 Å². The minimum absolute atomic E-state index is 0. The summed E-state index contributed by atoms with van der Waals surface area (Å²) in [4.78, 5) is 22.1. The first-order valence-electron chi connectivity index (χ1n) is 9.13. The Balaban J connectivity index is 0. The van der Waals surface area contributed by atoms with Gasteiger partial charge in [-0.3, -0.25) is 14.1 Å². The van der Waals surface area contributed by atoms with Gasteiger partial charge in [0.1, 0.15) is 0 Å². The van der Waals surface area contributed by atoms with Crippen LogP contribution in [0.1, 0.15) is 84.0 Å². The summed E-state index contributed by atoms with van der Waals surface area (Å²) in [5.74, 6) is -2.70. The van der Waals surface area contributed by atoms with Gasteiger partial charge in [-0.1, -0.05) is 71.1 Å². The summed E-state index contributed by atoms with van der Waals surface area (Å²) in [6, 6.07) is 0. The topological polar surface area (TPSA) is 118 Å². The van der Waals surface area contributed by atoms with Crippen LogP contribution in [0.3, 0.4) is 0 Å². The normalized spacial score (nSPS) is 12.2. The minimum Gasteiger partial charge on any atom is -0.481 e. The van der Waals surface area contributed by atoms with Gasteiger partial charge in [-0.2, -0.15) is 8.42 Å². The van der Waals surface area contributed by atoms with E-state index in [1.165, 1.54) is 44.9 Å². The van der Waals surface area contributed by atoms with Gasteiger partial charge in [0.25, 0.3) is 10.1 Å². The molecule has 9 heteroatoms. The molecule has 7 nitrogen and oxygen atoms in total. The molecule has 0 spiro atoms. The van der Waals surface area contributed by atoms with Gasteiger partial charge in [-0.15, -0.1) is 0 Å². The third-order valence-corrected chi connectivity index (χ3v) is 5.05. The second-order valence-electron chi connectivity index (χ2n) is 6.30. The summed E-state index contributed by atoms with van der Waals surface area (Å²) in [6.07, 6.45) is 11.5. The third-order valence-electron chi connectivity index (χ3n) is 3.97. The van der Waals surface area contributed by atoms with Crippen LogP contribution in [0, 0.1) is 0 Å². The number of carbonyl (C=O) groups is 2. The number of carbonyl (C=O) groups excluding carboxylic acids is 1. The summed E-state index contributed by atoms with van der Waals surface area (Å²) in [5, 5.41) is 6.53. The van der Waals surface area contributed by atoms with E-state index in [0.717, 1.165) is 19.3 Å². The average molecular weight is 403 g/mol. The largest absolute Gasteiger partial charge is 0.481 e. The van der Waals surface area contributed by atoms with Crippen LogP contribution in [0.4, 0.5) is 0 Å². The standard InChI is InChI=1S/C17H32O7S.Na/c1-2-3-4-5-6-7-8-9-10-11-12-13-24-17(20)15(14-16(18)19)25(21,22)23;/h15H,2-14H2,1H3,(H,18,19)(H,21,22,23);. The Morgan fingerprint density at radius 2 is 1.31 bits per heavy atom. The molecule has 0 aliphatic carbocycles. The molecular weight excluding hydrogens is 371 g/mol. The van der Waals surface area contributed by atoms with Crippen LogP contribution in [0.5, 0.6) is 0 Å². The molecule has 0 aromatic carbocycles.